The van der Waals surface area contributed by atoms with Crippen molar-refractivity contribution in [2.24, 2.45) is 0 Å². The van der Waals surface area contributed by atoms with E-state index in [0.717, 1.165) is 20.1 Å². The molecule has 1 N–H and O–H groups in total. The minimum Gasteiger partial charge on any atom is -0.281 e. The first-order chi connectivity index (χ1) is 9.26. The molecule has 20 heavy (non-hydrogen) atoms. The fourth-order valence-electron chi connectivity index (χ4n) is 2.47. The molecule has 0 aromatic heterocycles. The molecular formula is C14H18Br2N2O2. The van der Waals surface area contributed by atoms with Crippen LogP contribution in [-0.2, 0) is 16.1 Å². The smallest absolute Gasteiger partial charge is 0.265 e. The zero-order valence-electron chi connectivity index (χ0n) is 12.0. The summed E-state index contributed by atoms with van der Waals surface area (Å²) in [7, 11) is 1.52. The topological polar surface area (TPSA) is 41.6 Å². The van der Waals surface area contributed by atoms with Gasteiger partial charge in [0.05, 0.1) is 13.2 Å². The van der Waals surface area contributed by atoms with Gasteiger partial charge in [0.15, 0.2) is 0 Å². The number of hydrogen-bond donors (Lipinski definition) is 1. The van der Waals surface area contributed by atoms with Gasteiger partial charge in [-0.15, -0.1) is 0 Å². The summed E-state index contributed by atoms with van der Waals surface area (Å²) in [5, 5.41) is 4.70. The molecule has 4 nitrogen and oxygen atoms in total. The molecule has 2 rings (SSSR count). The summed E-state index contributed by atoms with van der Waals surface area (Å²) in [4.78, 5) is 17.5. The largest absolute Gasteiger partial charge is 0.281 e. The molecule has 1 fully saturated rings. The molecule has 0 radical (unpaired) electrons. The van der Waals surface area contributed by atoms with Gasteiger partial charge in [-0.1, -0.05) is 31.9 Å². The van der Waals surface area contributed by atoms with Gasteiger partial charge in [0.2, 0.25) is 0 Å². The number of nitrogens with zero attached hydrogens (tertiary/aromatic N) is 1. The first-order valence-electron chi connectivity index (χ1n) is 6.36. The van der Waals surface area contributed by atoms with E-state index in [0.29, 0.717) is 6.42 Å². The highest BCUT2D eigenvalue weighted by Gasteiger charge is 2.45. The van der Waals surface area contributed by atoms with Crippen molar-refractivity contribution in [1.29, 1.82) is 0 Å². The van der Waals surface area contributed by atoms with Crippen molar-refractivity contribution in [2.75, 3.05) is 7.11 Å². The molecule has 6 heteroatoms. The van der Waals surface area contributed by atoms with Crippen LogP contribution in [0.4, 0.5) is 0 Å². The van der Waals surface area contributed by atoms with E-state index in [2.05, 4.69) is 49.3 Å². The normalized spacial score (nSPS) is 21.6. The Morgan fingerprint density at radius 1 is 1.35 bits per heavy atom. The minimum atomic E-state index is -0.490. The number of benzene rings is 1. The lowest BCUT2D eigenvalue weighted by Gasteiger charge is -2.28. The maximum atomic E-state index is 12.3. The summed E-state index contributed by atoms with van der Waals surface area (Å²) >= 11 is 7.08. The number of rotatable bonds is 3. The monoisotopic (exact) mass is 404 g/mol. The lowest BCUT2D eigenvalue weighted by molar-refractivity contribution is -0.192. The first-order valence-corrected chi connectivity index (χ1v) is 7.95. The van der Waals surface area contributed by atoms with Gasteiger partial charge in [0.1, 0.15) is 5.66 Å². The number of amides is 1. The summed E-state index contributed by atoms with van der Waals surface area (Å²) in [5.74, 6) is -0.0367. The molecule has 1 aromatic carbocycles. The Labute approximate surface area is 136 Å². The molecule has 1 aliphatic rings. The third kappa shape index (κ3) is 2.93. The van der Waals surface area contributed by atoms with Crippen molar-refractivity contribution < 1.29 is 9.63 Å². The van der Waals surface area contributed by atoms with E-state index in [1.165, 1.54) is 12.2 Å². The maximum Gasteiger partial charge on any atom is 0.265 e. The van der Waals surface area contributed by atoms with Crippen LogP contribution < -0.4 is 5.32 Å². The summed E-state index contributed by atoms with van der Waals surface area (Å²) in [6.45, 7) is 5.89. The van der Waals surface area contributed by atoms with Gasteiger partial charge in [-0.25, -0.2) is 5.06 Å². The molecule has 0 unspecified atom stereocenters. The zero-order valence-corrected chi connectivity index (χ0v) is 15.1. The Morgan fingerprint density at radius 3 is 2.35 bits per heavy atom. The zero-order chi connectivity index (χ0) is 15.1. The van der Waals surface area contributed by atoms with E-state index < -0.39 is 5.66 Å². The summed E-state index contributed by atoms with van der Waals surface area (Å²) < 4.78 is 2.07. The van der Waals surface area contributed by atoms with Crippen LogP contribution in [0.3, 0.4) is 0 Å². The standard InChI is InChI=1S/C14H18Br2N2O2/c1-8-10(15)5-9(6-11(8)16)7-12-13(19)18(20-4)14(2,3)17-12/h5-6,12,17H,7H2,1-4H3/t12-/m0/s1. The molecule has 0 saturated carbocycles. The van der Waals surface area contributed by atoms with Crippen LogP contribution in [0.15, 0.2) is 21.1 Å². The molecule has 1 atom stereocenters. The highest BCUT2D eigenvalue weighted by atomic mass is 79.9. The SMILES string of the molecule is CON1C(=O)[C@H](Cc2cc(Br)c(C)c(Br)c2)NC1(C)C. The fraction of sp³-hybridized carbons (Fsp3) is 0.500. The van der Waals surface area contributed by atoms with Crippen molar-refractivity contribution in [3.63, 3.8) is 0 Å². The fourth-order valence-corrected chi connectivity index (χ4v) is 3.75. The van der Waals surface area contributed by atoms with Crippen LogP contribution in [0.25, 0.3) is 0 Å². The lowest BCUT2D eigenvalue weighted by Crippen LogP contribution is -2.46. The van der Waals surface area contributed by atoms with Gasteiger partial charge in [-0.3, -0.25) is 14.9 Å². The van der Waals surface area contributed by atoms with E-state index in [9.17, 15) is 4.79 Å². The highest BCUT2D eigenvalue weighted by molar-refractivity contribution is 9.11. The lowest BCUT2D eigenvalue weighted by atomic mass is 10.0. The Kier molecular flexibility index (Phi) is 4.59. The Bertz CT molecular complexity index is 523. The number of nitrogens with one attached hydrogen (secondary N) is 1. The molecule has 0 bridgehead atoms. The summed E-state index contributed by atoms with van der Waals surface area (Å²) in [6.07, 6.45) is 0.625. The third-order valence-corrected chi connectivity index (χ3v) is 5.14. The Hall–Kier alpha value is -0.430. The van der Waals surface area contributed by atoms with E-state index in [1.54, 1.807) is 0 Å². The molecule has 1 aliphatic heterocycles. The van der Waals surface area contributed by atoms with Gasteiger partial charge < -0.3 is 0 Å². The van der Waals surface area contributed by atoms with Gasteiger partial charge in [0, 0.05) is 8.95 Å². The molecular weight excluding hydrogens is 388 g/mol. The number of hydrogen-bond acceptors (Lipinski definition) is 3. The second-order valence-corrected chi connectivity index (χ2v) is 7.17. The number of carbonyl (C=O) groups excluding carboxylic acids is 1. The van der Waals surface area contributed by atoms with Crippen LogP contribution in [0.1, 0.15) is 25.0 Å². The Balaban J connectivity index is 2.21. The molecule has 1 heterocycles. The van der Waals surface area contributed by atoms with Crippen molar-refractivity contribution in [1.82, 2.24) is 10.4 Å². The predicted octanol–water partition coefficient (Wildman–Crippen LogP) is 3.16. The molecule has 1 saturated heterocycles. The molecule has 1 aromatic rings. The van der Waals surface area contributed by atoms with Crippen LogP contribution in [0.2, 0.25) is 0 Å². The van der Waals surface area contributed by atoms with Gasteiger partial charge in [0.25, 0.3) is 5.91 Å². The average Bonchev–Trinajstić information content (AvgIpc) is 2.55. The number of hydroxylamine groups is 2. The molecule has 0 spiro atoms. The van der Waals surface area contributed by atoms with E-state index in [-0.39, 0.29) is 11.9 Å². The quantitative estimate of drug-likeness (QED) is 0.839. The molecule has 110 valence electrons. The van der Waals surface area contributed by atoms with E-state index >= 15 is 0 Å². The second kappa shape index (κ2) is 5.75. The third-order valence-electron chi connectivity index (χ3n) is 3.50. The average molecular weight is 406 g/mol. The van der Waals surface area contributed by atoms with Crippen molar-refractivity contribution >= 4 is 37.8 Å². The number of carbonyl (C=O) groups is 1. The van der Waals surface area contributed by atoms with Crippen LogP contribution in [0.5, 0.6) is 0 Å². The van der Waals surface area contributed by atoms with Crippen molar-refractivity contribution in [3.05, 3.63) is 32.2 Å². The number of halogens is 2. The van der Waals surface area contributed by atoms with Crippen LogP contribution >= 0.6 is 31.9 Å². The Morgan fingerprint density at radius 2 is 1.90 bits per heavy atom. The predicted molar refractivity (Wildman–Crippen MR) is 85.1 cm³/mol. The summed E-state index contributed by atoms with van der Waals surface area (Å²) in [5.41, 5.74) is 1.75. The van der Waals surface area contributed by atoms with Crippen molar-refractivity contribution in [2.45, 2.75) is 38.9 Å². The molecule has 0 aliphatic carbocycles. The van der Waals surface area contributed by atoms with Crippen LogP contribution in [-0.4, -0.2) is 29.8 Å². The van der Waals surface area contributed by atoms with Gasteiger partial charge in [-0.2, -0.15) is 0 Å². The van der Waals surface area contributed by atoms with Crippen LogP contribution in [0, 0.1) is 6.92 Å². The summed E-state index contributed by atoms with van der Waals surface area (Å²) in [6, 6.07) is 3.83. The minimum absolute atomic E-state index is 0.0367. The molecule has 1 amide bonds. The maximum absolute atomic E-state index is 12.3. The highest BCUT2D eigenvalue weighted by Crippen LogP contribution is 2.29. The first kappa shape index (κ1) is 15.9. The second-order valence-electron chi connectivity index (χ2n) is 5.46. The van der Waals surface area contributed by atoms with Crippen molar-refractivity contribution in [3.8, 4) is 0 Å². The van der Waals surface area contributed by atoms with E-state index in [1.807, 2.05) is 20.8 Å². The van der Waals surface area contributed by atoms with E-state index in [4.69, 9.17) is 4.84 Å². The van der Waals surface area contributed by atoms with Gasteiger partial charge >= 0.3 is 0 Å². The van der Waals surface area contributed by atoms with Gasteiger partial charge in [-0.05, 0) is 50.5 Å².